The van der Waals surface area contributed by atoms with Crippen LogP contribution in [0.4, 0.5) is 5.69 Å². The second-order valence-electron chi connectivity index (χ2n) is 3.83. The van der Waals surface area contributed by atoms with Crippen LogP contribution >= 0.6 is 27.3 Å². The normalized spacial score (nSPS) is 11.4. The number of halogens is 1. The van der Waals surface area contributed by atoms with Crippen LogP contribution < -0.4 is 5.32 Å². The van der Waals surface area contributed by atoms with Gasteiger partial charge in [0, 0.05) is 17.7 Å². The molecule has 1 aromatic heterocycles. The van der Waals surface area contributed by atoms with Gasteiger partial charge in [0.2, 0.25) is 0 Å². The molecule has 1 aromatic carbocycles. The van der Waals surface area contributed by atoms with E-state index in [0.717, 1.165) is 8.66 Å². The molecule has 6 heteroatoms. The highest BCUT2D eigenvalue weighted by Crippen LogP contribution is 2.25. The summed E-state index contributed by atoms with van der Waals surface area (Å²) in [6, 6.07) is 10.9. The van der Waals surface area contributed by atoms with Crippen molar-refractivity contribution in [3.63, 3.8) is 0 Å². The first-order chi connectivity index (χ1) is 8.47. The van der Waals surface area contributed by atoms with E-state index < -0.39 is 9.84 Å². The molecule has 0 aliphatic heterocycles. The quantitative estimate of drug-likeness (QED) is 0.921. The molecule has 0 saturated carbocycles. The molecular weight excluding hydrogens is 334 g/mol. The number of hydrogen-bond acceptors (Lipinski definition) is 4. The van der Waals surface area contributed by atoms with Crippen LogP contribution in [0.25, 0.3) is 0 Å². The van der Waals surface area contributed by atoms with Crippen LogP contribution in [0.1, 0.15) is 4.88 Å². The first-order valence-electron chi connectivity index (χ1n) is 5.24. The first-order valence-corrected chi connectivity index (χ1v) is 8.74. The van der Waals surface area contributed by atoms with Gasteiger partial charge in [-0.15, -0.1) is 11.3 Å². The molecule has 0 saturated heterocycles. The summed E-state index contributed by atoms with van der Waals surface area (Å²) in [6.07, 6.45) is 1.22. The minimum atomic E-state index is -3.20. The molecule has 0 spiro atoms. The van der Waals surface area contributed by atoms with E-state index in [9.17, 15) is 8.42 Å². The van der Waals surface area contributed by atoms with Crippen molar-refractivity contribution in [2.24, 2.45) is 0 Å². The Hall–Kier alpha value is -0.850. The Bertz CT molecular complexity index is 650. The average molecular weight is 346 g/mol. The second kappa shape index (κ2) is 5.42. The van der Waals surface area contributed by atoms with Gasteiger partial charge >= 0.3 is 0 Å². The number of benzene rings is 1. The summed E-state index contributed by atoms with van der Waals surface area (Å²) in [5.74, 6) is 0. The molecule has 0 aliphatic rings. The van der Waals surface area contributed by atoms with Gasteiger partial charge in [-0.05, 0) is 40.2 Å². The Morgan fingerprint density at radius 1 is 1.22 bits per heavy atom. The number of rotatable bonds is 4. The lowest BCUT2D eigenvalue weighted by Crippen LogP contribution is -2.05. The Morgan fingerprint density at radius 3 is 2.56 bits per heavy atom. The van der Waals surface area contributed by atoms with Gasteiger partial charge in [0.25, 0.3) is 0 Å². The number of para-hydroxylation sites is 1. The topological polar surface area (TPSA) is 46.2 Å². The van der Waals surface area contributed by atoms with Crippen molar-refractivity contribution in [3.05, 3.63) is 45.1 Å². The molecule has 0 radical (unpaired) electrons. The molecule has 0 atom stereocenters. The number of thiophene rings is 1. The Kier molecular flexibility index (Phi) is 4.09. The van der Waals surface area contributed by atoms with Gasteiger partial charge in [0.15, 0.2) is 9.84 Å². The summed E-state index contributed by atoms with van der Waals surface area (Å²) in [5, 5.41) is 3.16. The number of nitrogens with one attached hydrogen (secondary N) is 1. The van der Waals surface area contributed by atoms with Gasteiger partial charge in [-0.3, -0.25) is 0 Å². The Labute approximate surface area is 119 Å². The molecule has 1 N–H and O–H groups in total. The molecule has 0 aliphatic carbocycles. The van der Waals surface area contributed by atoms with Crippen molar-refractivity contribution in [1.82, 2.24) is 0 Å². The molecule has 0 unspecified atom stereocenters. The zero-order valence-electron chi connectivity index (χ0n) is 9.68. The van der Waals surface area contributed by atoms with Gasteiger partial charge in [-0.1, -0.05) is 12.1 Å². The van der Waals surface area contributed by atoms with E-state index in [1.54, 1.807) is 29.5 Å². The number of anilines is 1. The Morgan fingerprint density at radius 2 is 1.94 bits per heavy atom. The van der Waals surface area contributed by atoms with E-state index in [2.05, 4.69) is 21.2 Å². The monoisotopic (exact) mass is 345 g/mol. The molecule has 0 amide bonds. The molecule has 2 rings (SSSR count). The molecular formula is C12H12BrNO2S2. The van der Waals surface area contributed by atoms with Crippen LogP contribution in [0.2, 0.25) is 0 Å². The predicted octanol–water partition coefficient (Wildman–Crippen LogP) is 3.53. The van der Waals surface area contributed by atoms with Gasteiger partial charge in [-0.2, -0.15) is 0 Å². The van der Waals surface area contributed by atoms with Gasteiger partial charge < -0.3 is 5.32 Å². The summed E-state index contributed by atoms with van der Waals surface area (Å²) >= 11 is 5.02. The standard InChI is InChI=1S/C12H12BrNO2S2/c1-18(15,16)11-5-3-2-4-10(11)14-8-9-6-7-12(13)17-9/h2-7,14H,8H2,1H3. The molecule has 0 bridgehead atoms. The van der Waals surface area contributed by atoms with Crippen LogP contribution in [-0.2, 0) is 16.4 Å². The summed E-state index contributed by atoms with van der Waals surface area (Å²) < 4.78 is 24.3. The van der Waals surface area contributed by atoms with E-state index in [1.807, 2.05) is 18.2 Å². The van der Waals surface area contributed by atoms with E-state index in [-0.39, 0.29) is 0 Å². The van der Waals surface area contributed by atoms with Crippen LogP contribution in [0.3, 0.4) is 0 Å². The van der Waals surface area contributed by atoms with Crippen molar-refractivity contribution >= 4 is 42.8 Å². The second-order valence-corrected chi connectivity index (χ2v) is 8.36. The maximum absolute atomic E-state index is 11.6. The third-order valence-corrected chi connectivity index (χ3v) is 5.15. The smallest absolute Gasteiger partial charge is 0.177 e. The molecule has 96 valence electrons. The molecule has 2 aromatic rings. The van der Waals surface area contributed by atoms with Gasteiger partial charge in [0.1, 0.15) is 0 Å². The van der Waals surface area contributed by atoms with Crippen molar-refractivity contribution in [3.8, 4) is 0 Å². The van der Waals surface area contributed by atoms with Crippen molar-refractivity contribution < 1.29 is 8.42 Å². The van der Waals surface area contributed by atoms with E-state index in [4.69, 9.17) is 0 Å². The summed E-state index contributed by atoms with van der Waals surface area (Å²) in [5.41, 5.74) is 0.643. The van der Waals surface area contributed by atoms with Crippen molar-refractivity contribution in [2.45, 2.75) is 11.4 Å². The van der Waals surface area contributed by atoms with Crippen LogP contribution in [0.15, 0.2) is 45.1 Å². The molecule has 3 nitrogen and oxygen atoms in total. The highest BCUT2D eigenvalue weighted by Gasteiger charge is 2.12. The third-order valence-electron chi connectivity index (χ3n) is 2.37. The summed E-state index contributed by atoms with van der Waals surface area (Å²) in [4.78, 5) is 1.48. The fourth-order valence-electron chi connectivity index (χ4n) is 1.57. The lowest BCUT2D eigenvalue weighted by Gasteiger charge is -2.09. The van der Waals surface area contributed by atoms with Crippen molar-refractivity contribution in [1.29, 1.82) is 0 Å². The lowest BCUT2D eigenvalue weighted by atomic mass is 10.3. The maximum Gasteiger partial charge on any atom is 0.177 e. The minimum absolute atomic E-state index is 0.334. The number of hydrogen-bond donors (Lipinski definition) is 1. The fourth-order valence-corrected chi connectivity index (χ4v) is 3.85. The van der Waals surface area contributed by atoms with Crippen LogP contribution in [0, 0.1) is 0 Å². The van der Waals surface area contributed by atoms with E-state index >= 15 is 0 Å². The zero-order valence-corrected chi connectivity index (χ0v) is 12.9. The summed E-state index contributed by atoms with van der Waals surface area (Å²) in [6.45, 7) is 0.614. The van der Waals surface area contributed by atoms with E-state index in [1.165, 1.54) is 6.26 Å². The van der Waals surface area contributed by atoms with E-state index in [0.29, 0.717) is 17.1 Å². The largest absolute Gasteiger partial charge is 0.379 e. The maximum atomic E-state index is 11.6. The average Bonchev–Trinajstić information content (AvgIpc) is 2.72. The van der Waals surface area contributed by atoms with Gasteiger partial charge in [0.05, 0.1) is 14.4 Å². The molecule has 1 heterocycles. The zero-order chi connectivity index (χ0) is 13.2. The third kappa shape index (κ3) is 3.34. The van der Waals surface area contributed by atoms with Gasteiger partial charge in [-0.25, -0.2) is 8.42 Å². The lowest BCUT2D eigenvalue weighted by molar-refractivity contribution is 0.602. The molecule has 0 fully saturated rings. The molecule has 18 heavy (non-hydrogen) atoms. The SMILES string of the molecule is CS(=O)(=O)c1ccccc1NCc1ccc(Br)s1. The number of sulfone groups is 1. The predicted molar refractivity (Wildman–Crippen MR) is 78.9 cm³/mol. The minimum Gasteiger partial charge on any atom is -0.379 e. The highest BCUT2D eigenvalue weighted by molar-refractivity contribution is 9.11. The summed E-state index contributed by atoms with van der Waals surface area (Å²) in [7, 11) is -3.20. The Balaban J connectivity index is 2.20. The van der Waals surface area contributed by atoms with Crippen LogP contribution in [0.5, 0.6) is 0 Å². The van der Waals surface area contributed by atoms with Crippen molar-refractivity contribution in [2.75, 3.05) is 11.6 Å². The first kappa shape index (κ1) is 13.6. The van der Waals surface area contributed by atoms with Crippen LogP contribution in [-0.4, -0.2) is 14.7 Å². The highest BCUT2D eigenvalue weighted by atomic mass is 79.9. The fraction of sp³-hybridized carbons (Fsp3) is 0.167.